The summed E-state index contributed by atoms with van der Waals surface area (Å²) in [7, 11) is 0. The molecule has 3 N–H and O–H groups in total. The summed E-state index contributed by atoms with van der Waals surface area (Å²) in [4.78, 5) is 27.1. The van der Waals surface area contributed by atoms with E-state index in [4.69, 9.17) is 0 Å². The van der Waals surface area contributed by atoms with E-state index in [1.165, 1.54) is 24.8 Å². The topological polar surface area (TPSA) is 81.7 Å². The highest BCUT2D eigenvalue weighted by Crippen LogP contribution is 2.55. The molecule has 4 bridgehead atoms. The van der Waals surface area contributed by atoms with Gasteiger partial charge >= 0.3 is 6.03 Å². The van der Waals surface area contributed by atoms with Gasteiger partial charge in [0, 0.05) is 31.6 Å². The zero-order valence-electron chi connectivity index (χ0n) is 18.3. The minimum Gasteiger partial charge on any atom is -0.508 e. The highest BCUT2D eigenvalue weighted by molar-refractivity contribution is 5.78. The number of rotatable bonds is 5. The number of piperidine rings is 1. The molecule has 4 saturated carbocycles. The van der Waals surface area contributed by atoms with Gasteiger partial charge in [0.25, 0.3) is 0 Å². The van der Waals surface area contributed by atoms with Gasteiger partial charge in [0.15, 0.2) is 0 Å². The predicted molar refractivity (Wildman–Crippen MR) is 119 cm³/mol. The Labute approximate surface area is 184 Å². The summed E-state index contributed by atoms with van der Waals surface area (Å²) >= 11 is 0. The molecule has 4 aliphatic carbocycles. The minimum atomic E-state index is -0.0965. The Kier molecular flexibility index (Phi) is 5.57. The number of hydrogen-bond acceptors (Lipinski definition) is 3. The van der Waals surface area contributed by atoms with E-state index in [9.17, 15) is 14.7 Å². The Morgan fingerprint density at radius 3 is 2.13 bits per heavy atom. The number of phenols is 1. The molecule has 5 aliphatic rings. The van der Waals surface area contributed by atoms with Crippen LogP contribution in [0.2, 0.25) is 0 Å². The molecule has 3 amide bonds. The van der Waals surface area contributed by atoms with Crippen molar-refractivity contribution in [2.24, 2.45) is 17.8 Å². The van der Waals surface area contributed by atoms with Gasteiger partial charge < -0.3 is 20.6 Å². The summed E-state index contributed by atoms with van der Waals surface area (Å²) in [5.41, 5.74) is 1.24. The van der Waals surface area contributed by atoms with E-state index in [-0.39, 0.29) is 23.2 Å². The number of nitrogens with zero attached hydrogens (tertiary/aromatic N) is 1. The fraction of sp³-hybridized carbons (Fsp3) is 0.680. The van der Waals surface area contributed by atoms with Crippen LogP contribution in [0.15, 0.2) is 24.3 Å². The van der Waals surface area contributed by atoms with Gasteiger partial charge in [0.05, 0.1) is 0 Å². The number of amides is 3. The lowest BCUT2D eigenvalue weighted by atomic mass is 9.53. The first-order chi connectivity index (χ1) is 15.0. The Morgan fingerprint density at radius 2 is 1.55 bits per heavy atom. The number of aromatic hydroxyl groups is 1. The number of likely N-dealkylation sites (tertiary alicyclic amines) is 1. The molecule has 1 aliphatic heterocycles. The van der Waals surface area contributed by atoms with E-state index in [0.29, 0.717) is 18.9 Å². The highest BCUT2D eigenvalue weighted by atomic mass is 16.3. The van der Waals surface area contributed by atoms with Crippen LogP contribution in [0.25, 0.3) is 0 Å². The van der Waals surface area contributed by atoms with E-state index >= 15 is 0 Å². The van der Waals surface area contributed by atoms with Gasteiger partial charge in [0.1, 0.15) is 5.75 Å². The standard InChI is InChI=1S/C25H35N3O3/c29-22-3-1-20(2-4-22)21-6-9-28(10-7-21)23(30)5-8-26-24(31)27-25-14-17-11-18(15-25)13-19(12-17)16-25/h1-4,17-19,21,29H,5-16H2,(H2,26,27,31). The van der Waals surface area contributed by atoms with Gasteiger partial charge in [0.2, 0.25) is 5.91 Å². The van der Waals surface area contributed by atoms with Gasteiger partial charge in [-0.05, 0) is 92.7 Å². The number of phenolic OH excluding ortho intramolecular Hbond substituents is 1. The summed E-state index contributed by atoms with van der Waals surface area (Å²) < 4.78 is 0. The summed E-state index contributed by atoms with van der Waals surface area (Å²) in [6, 6.07) is 7.31. The van der Waals surface area contributed by atoms with Crippen molar-refractivity contribution < 1.29 is 14.7 Å². The van der Waals surface area contributed by atoms with Crippen molar-refractivity contribution in [1.82, 2.24) is 15.5 Å². The second kappa shape index (κ2) is 8.36. The van der Waals surface area contributed by atoms with Gasteiger partial charge in [-0.25, -0.2) is 4.79 Å². The zero-order chi connectivity index (χ0) is 21.4. The van der Waals surface area contributed by atoms with Crippen LogP contribution in [0, 0.1) is 17.8 Å². The Bertz CT molecular complexity index is 779. The van der Waals surface area contributed by atoms with Gasteiger partial charge in [-0.1, -0.05) is 12.1 Å². The Morgan fingerprint density at radius 1 is 0.968 bits per heavy atom. The Hall–Kier alpha value is -2.24. The number of urea groups is 1. The van der Waals surface area contributed by atoms with Gasteiger partial charge in [-0.15, -0.1) is 0 Å². The first kappa shape index (κ1) is 20.7. The lowest BCUT2D eigenvalue weighted by molar-refractivity contribution is -0.132. The van der Waals surface area contributed by atoms with Crippen molar-refractivity contribution in [2.75, 3.05) is 19.6 Å². The molecule has 0 aromatic heterocycles. The summed E-state index contributed by atoms with van der Waals surface area (Å²) in [5.74, 6) is 3.26. The van der Waals surface area contributed by atoms with E-state index in [0.717, 1.165) is 62.9 Å². The molecule has 0 unspecified atom stereocenters. The quantitative estimate of drug-likeness (QED) is 0.672. The molecule has 1 aromatic rings. The molecule has 0 radical (unpaired) electrons. The van der Waals surface area contributed by atoms with Crippen molar-refractivity contribution in [3.8, 4) is 5.75 Å². The third kappa shape index (κ3) is 4.53. The molecule has 0 spiro atoms. The van der Waals surface area contributed by atoms with Gasteiger partial charge in [-0.2, -0.15) is 0 Å². The monoisotopic (exact) mass is 425 g/mol. The normalized spacial score (nSPS) is 32.1. The second-order valence-corrected chi connectivity index (χ2v) is 10.6. The molecule has 6 nitrogen and oxygen atoms in total. The Balaban J connectivity index is 1.03. The van der Waals surface area contributed by atoms with Crippen LogP contribution < -0.4 is 10.6 Å². The summed E-state index contributed by atoms with van der Waals surface area (Å²) in [6.07, 6.45) is 9.75. The molecule has 1 aromatic carbocycles. The molecule has 0 atom stereocenters. The second-order valence-electron chi connectivity index (χ2n) is 10.6. The molecule has 31 heavy (non-hydrogen) atoms. The molecule has 1 saturated heterocycles. The molecule has 168 valence electrons. The van der Waals surface area contributed by atoms with Crippen molar-refractivity contribution in [1.29, 1.82) is 0 Å². The third-order valence-electron chi connectivity index (χ3n) is 8.25. The maximum atomic E-state index is 12.6. The number of benzene rings is 1. The van der Waals surface area contributed by atoms with Crippen LogP contribution in [0.1, 0.15) is 69.3 Å². The molecule has 6 heteroatoms. The van der Waals surface area contributed by atoms with Crippen molar-refractivity contribution in [2.45, 2.75) is 69.2 Å². The van der Waals surface area contributed by atoms with Crippen LogP contribution in [-0.2, 0) is 4.79 Å². The van der Waals surface area contributed by atoms with Crippen molar-refractivity contribution >= 4 is 11.9 Å². The van der Waals surface area contributed by atoms with Crippen LogP contribution in [0.5, 0.6) is 5.75 Å². The van der Waals surface area contributed by atoms with E-state index < -0.39 is 0 Å². The zero-order valence-corrected chi connectivity index (χ0v) is 18.3. The number of carbonyl (C=O) groups is 2. The van der Waals surface area contributed by atoms with Crippen LogP contribution in [-0.4, -0.2) is 47.1 Å². The third-order valence-corrected chi connectivity index (χ3v) is 8.25. The van der Waals surface area contributed by atoms with E-state index in [2.05, 4.69) is 10.6 Å². The van der Waals surface area contributed by atoms with Crippen molar-refractivity contribution in [3.05, 3.63) is 29.8 Å². The minimum absolute atomic E-state index is 0.0129. The lowest BCUT2D eigenvalue weighted by Gasteiger charge is -2.56. The summed E-state index contributed by atoms with van der Waals surface area (Å²) in [5, 5.41) is 15.7. The van der Waals surface area contributed by atoms with E-state index in [1.54, 1.807) is 12.1 Å². The number of carbonyl (C=O) groups excluding carboxylic acids is 2. The highest BCUT2D eigenvalue weighted by Gasteiger charge is 2.51. The maximum Gasteiger partial charge on any atom is 0.315 e. The molecule has 1 heterocycles. The van der Waals surface area contributed by atoms with Crippen LogP contribution >= 0.6 is 0 Å². The van der Waals surface area contributed by atoms with Crippen LogP contribution in [0.4, 0.5) is 4.79 Å². The lowest BCUT2D eigenvalue weighted by Crippen LogP contribution is -2.61. The average molecular weight is 426 g/mol. The molecular weight excluding hydrogens is 390 g/mol. The average Bonchev–Trinajstić information content (AvgIpc) is 2.73. The fourth-order valence-electron chi connectivity index (χ4n) is 7.20. The molecule has 6 rings (SSSR count). The first-order valence-corrected chi connectivity index (χ1v) is 12.1. The van der Waals surface area contributed by atoms with Gasteiger partial charge in [-0.3, -0.25) is 4.79 Å². The number of nitrogens with one attached hydrogen (secondary N) is 2. The smallest absolute Gasteiger partial charge is 0.315 e. The SMILES string of the molecule is O=C(NCCC(=O)N1CCC(c2ccc(O)cc2)CC1)NC12CC3CC(CC(C3)C1)C2. The van der Waals surface area contributed by atoms with Crippen molar-refractivity contribution in [3.63, 3.8) is 0 Å². The molecular formula is C25H35N3O3. The first-order valence-electron chi connectivity index (χ1n) is 12.1. The maximum absolute atomic E-state index is 12.6. The largest absolute Gasteiger partial charge is 0.508 e. The predicted octanol–water partition coefficient (Wildman–Crippen LogP) is 3.76. The summed E-state index contributed by atoms with van der Waals surface area (Å²) in [6.45, 7) is 1.91. The number of hydrogen-bond donors (Lipinski definition) is 3. The van der Waals surface area contributed by atoms with E-state index in [1.807, 2.05) is 17.0 Å². The fourth-order valence-corrected chi connectivity index (χ4v) is 7.20. The van der Waals surface area contributed by atoms with Crippen LogP contribution in [0.3, 0.4) is 0 Å². The molecule has 5 fully saturated rings.